The molecular weight excluding hydrogens is 284 g/mol. The van der Waals surface area contributed by atoms with E-state index in [1.54, 1.807) is 6.26 Å². The average molecular weight is 300 g/mol. The second-order valence-corrected chi connectivity index (χ2v) is 5.38. The van der Waals surface area contributed by atoms with E-state index in [0.29, 0.717) is 0 Å². The van der Waals surface area contributed by atoms with Crippen molar-refractivity contribution in [3.8, 4) is 0 Å². The zero-order valence-electron chi connectivity index (χ0n) is 12.5. The topological polar surface area (TPSA) is 42.4 Å². The molecule has 2 N–H and O–H groups in total. The number of hydrogen-bond acceptors (Lipinski definition) is 3. The molecule has 0 fully saturated rings. The van der Waals surface area contributed by atoms with Crippen molar-refractivity contribution < 1.29 is 4.42 Å². The third-order valence-corrected chi connectivity index (χ3v) is 3.84. The molecule has 23 heavy (non-hydrogen) atoms. The molecule has 0 aliphatic heterocycles. The first-order chi connectivity index (χ1) is 11.3. The first kappa shape index (κ1) is 13.5. The first-order valence-electron chi connectivity index (χ1n) is 7.50. The van der Waals surface area contributed by atoms with E-state index in [9.17, 15) is 0 Å². The number of hydrogen-bond donors (Lipinski definition) is 1. The number of fused-ring (bicyclic) bond motifs is 1. The van der Waals surface area contributed by atoms with E-state index >= 15 is 0 Å². The van der Waals surface area contributed by atoms with Crippen molar-refractivity contribution in [2.75, 3.05) is 10.6 Å². The highest BCUT2D eigenvalue weighted by Crippen LogP contribution is 2.39. The van der Waals surface area contributed by atoms with E-state index < -0.39 is 0 Å². The standard InChI is InChI=1S/C20H16N2O/c21-15-7-6-10-17(13-15)22(16-8-2-1-3-9-16)19-14-23-20-12-5-4-11-18(19)20/h1-14H,21H2. The van der Waals surface area contributed by atoms with Crippen molar-refractivity contribution in [2.24, 2.45) is 0 Å². The number of para-hydroxylation sites is 2. The van der Waals surface area contributed by atoms with Crippen LogP contribution in [0.5, 0.6) is 0 Å². The fourth-order valence-electron chi connectivity index (χ4n) is 2.81. The summed E-state index contributed by atoms with van der Waals surface area (Å²) in [6.45, 7) is 0. The summed E-state index contributed by atoms with van der Waals surface area (Å²) in [7, 11) is 0. The number of nitrogens with two attached hydrogens (primary N) is 1. The van der Waals surface area contributed by atoms with Crippen molar-refractivity contribution in [1.29, 1.82) is 0 Å². The van der Waals surface area contributed by atoms with Gasteiger partial charge in [-0.15, -0.1) is 0 Å². The van der Waals surface area contributed by atoms with Gasteiger partial charge in [-0.05, 0) is 42.5 Å². The maximum atomic E-state index is 5.99. The van der Waals surface area contributed by atoms with Crippen LogP contribution in [0.2, 0.25) is 0 Å². The van der Waals surface area contributed by atoms with E-state index in [1.807, 2.05) is 60.7 Å². The molecule has 0 aliphatic carbocycles. The molecular formula is C20H16N2O. The average Bonchev–Trinajstić information content (AvgIpc) is 3.00. The smallest absolute Gasteiger partial charge is 0.136 e. The summed E-state index contributed by atoms with van der Waals surface area (Å²) < 4.78 is 5.73. The fraction of sp³-hybridized carbons (Fsp3) is 0. The van der Waals surface area contributed by atoms with Gasteiger partial charge in [0.05, 0.1) is 5.69 Å². The highest BCUT2D eigenvalue weighted by Gasteiger charge is 2.17. The second-order valence-electron chi connectivity index (χ2n) is 5.38. The molecule has 3 nitrogen and oxygen atoms in total. The van der Waals surface area contributed by atoms with Gasteiger partial charge in [0.15, 0.2) is 0 Å². The van der Waals surface area contributed by atoms with Crippen LogP contribution in [0, 0.1) is 0 Å². The molecule has 4 rings (SSSR count). The van der Waals surface area contributed by atoms with Crippen LogP contribution in [0.25, 0.3) is 11.0 Å². The summed E-state index contributed by atoms with van der Waals surface area (Å²) >= 11 is 0. The number of nitrogen functional groups attached to an aromatic ring is 1. The molecule has 0 amide bonds. The minimum Gasteiger partial charge on any atom is -0.462 e. The maximum Gasteiger partial charge on any atom is 0.136 e. The van der Waals surface area contributed by atoms with Gasteiger partial charge in [-0.3, -0.25) is 0 Å². The Kier molecular flexibility index (Phi) is 3.24. The normalized spacial score (nSPS) is 10.8. The lowest BCUT2D eigenvalue weighted by Gasteiger charge is -2.24. The zero-order chi connectivity index (χ0) is 15.6. The van der Waals surface area contributed by atoms with Crippen molar-refractivity contribution in [3.63, 3.8) is 0 Å². The number of benzene rings is 3. The van der Waals surface area contributed by atoms with E-state index in [2.05, 4.69) is 23.1 Å². The fourth-order valence-corrected chi connectivity index (χ4v) is 2.81. The molecule has 4 aromatic rings. The van der Waals surface area contributed by atoms with E-state index in [4.69, 9.17) is 10.2 Å². The molecule has 3 aromatic carbocycles. The Morgan fingerprint density at radius 2 is 1.48 bits per heavy atom. The van der Waals surface area contributed by atoms with Crippen LogP contribution in [0.1, 0.15) is 0 Å². The molecule has 0 spiro atoms. The number of furan rings is 1. The summed E-state index contributed by atoms with van der Waals surface area (Å²) in [5.74, 6) is 0. The van der Waals surface area contributed by atoms with Gasteiger partial charge in [0, 0.05) is 22.4 Å². The van der Waals surface area contributed by atoms with Crippen LogP contribution in [0.4, 0.5) is 22.7 Å². The Labute approximate surface area is 134 Å². The van der Waals surface area contributed by atoms with Crippen LogP contribution in [-0.2, 0) is 0 Å². The molecule has 0 aliphatic rings. The Bertz CT molecular complexity index is 944. The van der Waals surface area contributed by atoms with Crippen LogP contribution < -0.4 is 10.6 Å². The lowest BCUT2D eigenvalue weighted by Crippen LogP contribution is -2.09. The molecule has 1 aromatic heterocycles. The van der Waals surface area contributed by atoms with Crippen LogP contribution in [-0.4, -0.2) is 0 Å². The lowest BCUT2D eigenvalue weighted by atomic mass is 10.1. The number of anilines is 4. The van der Waals surface area contributed by atoms with Crippen molar-refractivity contribution in [2.45, 2.75) is 0 Å². The maximum absolute atomic E-state index is 5.99. The quantitative estimate of drug-likeness (QED) is 0.509. The first-order valence-corrected chi connectivity index (χ1v) is 7.50. The molecule has 3 heteroatoms. The molecule has 0 saturated carbocycles. The Morgan fingerprint density at radius 1 is 0.739 bits per heavy atom. The van der Waals surface area contributed by atoms with Gasteiger partial charge in [0.2, 0.25) is 0 Å². The van der Waals surface area contributed by atoms with Crippen LogP contribution >= 0.6 is 0 Å². The van der Waals surface area contributed by atoms with Crippen LogP contribution in [0.15, 0.2) is 89.5 Å². The Morgan fingerprint density at radius 3 is 2.30 bits per heavy atom. The monoisotopic (exact) mass is 300 g/mol. The molecule has 0 saturated heterocycles. The van der Waals surface area contributed by atoms with E-state index in [-0.39, 0.29) is 0 Å². The molecule has 0 radical (unpaired) electrons. The van der Waals surface area contributed by atoms with E-state index in [1.165, 1.54) is 0 Å². The highest BCUT2D eigenvalue weighted by molar-refractivity contribution is 5.96. The summed E-state index contributed by atoms with van der Waals surface area (Å²) in [6, 6.07) is 26.1. The van der Waals surface area contributed by atoms with Crippen molar-refractivity contribution in [1.82, 2.24) is 0 Å². The highest BCUT2D eigenvalue weighted by atomic mass is 16.3. The Hall–Kier alpha value is -3.20. The van der Waals surface area contributed by atoms with Gasteiger partial charge >= 0.3 is 0 Å². The molecule has 112 valence electrons. The van der Waals surface area contributed by atoms with E-state index in [0.717, 1.165) is 33.7 Å². The predicted octanol–water partition coefficient (Wildman–Crippen LogP) is 5.48. The third kappa shape index (κ3) is 2.42. The zero-order valence-corrected chi connectivity index (χ0v) is 12.5. The molecule has 0 atom stereocenters. The van der Waals surface area contributed by atoms with Gasteiger partial charge in [0.1, 0.15) is 11.8 Å². The summed E-state index contributed by atoms with van der Waals surface area (Å²) in [5, 5.41) is 1.07. The van der Waals surface area contributed by atoms with Crippen molar-refractivity contribution in [3.05, 3.63) is 85.1 Å². The summed E-state index contributed by atoms with van der Waals surface area (Å²) in [6.07, 6.45) is 1.79. The molecule has 1 heterocycles. The number of nitrogens with zero attached hydrogens (tertiary/aromatic N) is 1. The minimum absolute atomic E-state index is 0.733. The van der Waals surface area contributed by atoms with Gasteiger partial charge in [-0.25, -0.2) is 0 Å². The SMILES string of the molecule is Nc1cccc(N(c2ccccc2)c2coc3ccccc23)c1. The third-order valence-electron chi connectivity index (χ3n) is 3.84. The summed E-state index contributed by atoms with van der Waals surface area (Å²) in [4.78, 5) is 2.15. The molecule has 0 bridgehead atoms. The minimum atomic E-state index is 0.733. The summed E-state index contributed by atoms with van der Waals surface area (Å²) in [5.41, 5.74) is 10.7. The van der Waals surface area contributed by atoms with Gasteiger partial charge < -0.3 is 15.1 Å². The number of rotatable bonds is 3. The van der Waals surface area contributed by atoms with Gasteiger partial charge in [-0.1, -0.05) is 36.4 Å². The molecule has 0 unspecified atom stereocenters. The van der Waals surface area contributed by atoms with Crippen LogP contribution in [0.3, 0.4) is 0 Å². The second kappa shape index (κ2) is 5.54. The lowest BCUT2D eigenvalue weighted by molar-refractivity contribution is 0.616. The Balaban J connectivity index is 1.96. The van der Waals surface area contributed by atoms with Gasteiger partial charge in [-0.2, -0.15) is 0 Å². The predicted molar refractivity (Wildman–Crippen MR) is 95.3 cm³/mol. The van der Waals surface area contributed by atoms with Gasteiger partial charge in [0.25, 0.3) is 0 Å². The largest absolute Gasteiger partial charge is 0.462 e. The van der Waals surface area contributed by atoms with Crippen molar-refractivity contribution >= 4 is 33.7 Å².